The van der Waals surface area contributed by atoms with E-state index in [1.807, 2.05) is 65.6 Å². The van der Waals surface area contributed by atoms with Crippen molar-refractivity contribution in [1.82, 2.24) is 25.1 Å². The van der Waals surface area contributed by atoms with Gasteiger partial charge in [-0.1, -0.05) is 36.4 Å². The van der Waals surface area contributed by atoms with Gasteiger partial charge in [0.15, 0.2) is 5.82 Å². The number of likely N-dealkylation sites (tertiary alicyclic amines) is 1. The Balaban J connectivity index is 1.21. The summed E-state index contributed by atoms with van der Waals surface area (Å²) in [5.74, 6) is 2.25. The number of hydrogen-bond acceptors (Lipinski definition) is 6. The van der Waals surface area contributed by atoms with Crippen LogP contribution >= 0.6 is 11.8 Å². The number of hydrogen-bond donors (Lipinski definition) is 0. The molecule has 2 heterocycles. The van der Waals surface area contributed by atoms with Crippen LogP contribution in [0.5, 0.6) is 5.75 Å². The molecule has 1 amide bonds. The zero-order valence-electron chi connectivity index (χ0n) is 20.5. The van der Waals surface area contributed by atoms with Gasteiger partial charge in [-0.2, -0.15) is 4.68 Å². The quantitative estimate of drug-likeness (QED) is 0.323. The molecule has 5 rings (SSSR count). The number of para-hydroxylation sites is 1. The van der Waals surface area contributed by atoms with Crippen molar-refractivity contribution in [2.75, 3.05) is 13.1 Å². The number of aryl methyl sites for hydroxylation is 2. The standard InChI is InChI=1S/C28H29N5O2S/c1-20-12-13-24(18-21(20)2)35-23-14-16-32(17-15-23)28(34)25-10-6-7-11-26(25)36-19-27-29-30-31-33(27)22-8-4-3-5-9-22/h3-13,18,23H,14-17,19H2,1-2H3. The molecule has 7 nitrogen and oxygen atoms in total. The van der Waals surface area contributed by atoms with Crippen LogP contribution in [0.15, 0.2) is 77.7 Å². The fraction of sp³-hybridized carbons (Fsp3) is 0.286. The number of thioether (sulfide) groups is 1. The number of aromatic nitrogens is 4. The molecule has 0 saturated carbocycles. The summed E-state index contributed by atoms with van der Waals surface area (Å²) >= 11 is 1.58. The SMILES string of the molecule is Cc1ccc(OC2CCN(C(=O)c3ccccc3SCc3nnnn3-c3ccccc3)CC2)cc1C. The van der Waals surface area contributed by atoms with E-state index in [9.17, 15) is 4.79 Å². The zero-order chi connectivity index (χ0) is 24.9. The van der Waals surface area contributed by atoms with Crippen molar-refractivity contribution in [2.45, 2.75) is 43.4 Å². The number of piperidine rings is 1. The van der Waals surface area contributed by atoms with Gasteiger partial charge in [-0.15, -0.1) is 16.9 Å². The third-order valence-electron chi connectivity index (χ3n) is 6.52. The third-order valence-corrected chi connectivity index (χ3v) is 7.59. The summed E-state index contributed by atoms with van der Waals surface area (Å²) in [6.07, 6.45) is 1.76. The number of amides is 1. The van der Waals surface area contributed by atoms with Gasteiger partial charge in [0.2, 0.25) is 0 Å². The zero-order valence-corrected chi connectivity index (χ0v) is 21.3. The first-order valence-electron chi connectivity index (χ1n) is 12.2. The van der Waals surface area contributed by atoms with Crippen molar-refractivity contribution >= 4 is 17.7 Å². The van der Waals surface area contributed by atoms with E-state index in [4.69, 9.17) is 4.74 Å². The van der Waals surface area contributed by atoms with Crippen LogP contribution in [0.2, 0.25) is 0 Å². The summed E-state index contributed by atoms with van der Waals surface area (Å²) in [4.78, 5) is 16.3. The molecule has 8 heteroatoms. The summed E-state index contributed by atoms with van der Waals surface area (Å²) in [5.41, 5.74) is 4.12. The lowest BCUT2D eigenvalue weighted by Gasteiger charge is -2.32. The van der Waals surface area contributed by atoms with Crippen LogP contribution in [0, 0.1) is 13.8 Å². The second-order valence-corrected chi connectivity index (χ2v) is 10.00. The second kappa shape index (κ2) is 11.0. The van der Waals surface area contributed by atoms with Crippen molar-refractivity contribution in [3.8, 4) is 11.4 Å². The Morgan fingerprint density at radius 3 is 2.50 bits per heavy atom. The lowest BCUT2D eigenvalue weighted by molar-refractivity contribution is 0.0592. The van der Waals surface area contributed by atoms with Gasteiger partial charge in [-0.25, -0.2) is 0 Å². The average molecular weight is 500 g/mol. The molecule has 0 bridgehead atoms. The first-order valence-corrected chi connectivity index (χ1v) is 13.1. The molecule has 36 heavy (non-hydrogen) atoms. The molecule has 1 saturated heterocycles. The van der Waals surface area contributed by atoms with Crippen LogP contribution in [0.25, 0.3) is 5.69 Å². The van der Waals surface area contributed by atoms with E-state index in [2.05, 4.69) is 41.5 Å². The summed E-state index contributed by atoms with van der Waals surface area (Å²) in [7, 11) is 0. The largest absolute Gasteiger partial charge is 0.490 e. The summed E-state index contributed by atoms with van der Waals surface area (Å²) in [5, 5.41) is 12.2. The third kappa shape index (κ3) is 5.44. The molecule has 1 fully saturated rings. The Bertz CT molecular complexity index is 1330. The number of rotatable bonds is 7. The van der Waals surface area contributed by atoms with E-state index in [-0.39, 0.29) is 12.0 Å². The Morgan fingerprint density at radius 1 is 0.972 bits per heavy atom. The van der Waals surface area contributed by atoms with Crippen LogP contribution in [-0.4, -0.2) is 50.2 Å². The lowest BCUT2D eigenvalue weighted by Crippen LogP contribution is -2.42. The summed E-state index contributed by atoms with van der Waals surface area (Å²) < 4.78 is 7.95. The molecule has 1 aromatic heterocycles. The molecule has 3 aromatic carbocycles. The smallest absolute Gasteiger partial charge is 0.254 e. The highest BCUT2D eigenvalue weighted by atomic mass is 32.2. The molecule has 0 atom stereocenters. The van der Waals surface area contributed by atoms with Crippen molar-refractivity contribution in [1.29, 1.82) is 0 Å². The molecular formula is C28H29N5O2S. The number of benzene rings is 3. The molecule has 1 aliphatic rings. The predicted octanol–water partition coefficient (Wildman–Crippen LogP) is 5.26. The van der Waals surface area contributed by atoms with Gasteiger partial charge in [0.1, 0.15) is 11.9 Å². The minimum Gasteiger partial charge on any atom is -0.490 e. The first-order chi connectivity index (χ1) is 17.6. The predicted molar refractivity (Wildman–Crippen MR) is 141 cm³/mol. The van der Waals surface area contributed by atoms with Gasteiger partial charge in [0.05, 0.1) is 17.0 Å². The highest BCUT2D eigenvalue weighted by Crippen LogP contribution is 2.29. The van der Waals surface area contributed by atoms with E-state index < -0.39 is 0 Å². The van der Waals surface area contributed by atoms with Crippen LogP contribution in [-0.2, 0) is 5.75 Å². The number of tetrazole rings is 1. The molecule has 0 aliphatic carbocycles. The topological polar surface area (TPSA) is 73.1 Å². The number of nitrogens with zero attached hydrogens (tertiary/aromatic N) is 5. The maximum Gasteiger partial charge on any atom is 0.254 e. The lowest BCUT2D eigenvalue weighted by atomic mass is 10.1. The van der Waals surface area contributed by atoms with Crippen LogP contribution < -0.4 is 4.74 Å². The second-order valence-electron chi connectivity index (χ2n) is 8.98. The summed E-state index contributed by atoms with van der Waals surface area (Å²) in [6, 6.07) is 23.8. The summed E-state index contributed by atoms with van der Waals surface area (Å²) in [6.45, 7) is 5.56. The van der Waals surface area contributed by atoms with Crippen LogP contribution in [0.4, 0.5) is 0 Å². The molecule has 0 spiro atoms. The van der Waals surface area contributed by atoms with E-state index in [0.29, 0.717) is 18.8 Å². The van der Waals surface area contributed by atoms with Crippen molar-refractivity contribution in [3.05, 3.63) is 95.3 Å². The van der Waals surface area contributed by atoms with Gasteiger partial charge in [0, 0.05) is 30.8 Å². The van der Waals surface area contributed by atoms with E-state index >= 15 is 0 Å². The molecular weight excluding hydrogens is 470 g/mol. The minimum absolute atomic E-state index is 0.0605. The van der Waals surface area contributed by atoms with E-state index in [0.717, 1.165) is 40.6 Å². The molecule has 0 unspecified atom stereocenters. The number of carbonyl (C=O) groups excluding carboxylic acids is 1. The number of ether oxygens (including phenoxy) is 1. The Labute approximate surface area is 215 Å². The monoisotopic (exact) mass is 499 g/mol. The molecule has 0 radical (unpaired) electrons. The van der Waals surface area contributed by atoms with Crippen LogP contribution in [0.1, 0.15) is 40.2 Å². The molecule has 184 valence electrons. The first kappa shape index (κ1) is 24.1. The van der Waals surface area contributed by atoms with E-state index in [1.165, 1.54) is 11.1 Å². The normalized spacial score (nSPS) is 14.1. The molecule has 4 aromatic rings. The maximum atomic E-state index is 13.4. The highest BCUT2D eigenvalue weighted by Gasteiger charge is 2.26. The van der Waals surface area contributed by atoms with Gasteiger partial charge < -0.3 is 9.64 Å². The van der Waals surface area contributed by atoms with Gasteiger partial charge in [-0.05, 0) is 71.8 Å². The van der Waals surface area contributed by atoms with Crippen LogP contribution in [0.3, 0.4) is 0 Å². The fourth-order valence-corrected chi connectivity index (χ4v) is 5.25. The van der Waals surface area contributed by atoms with Crippen molar-refractivity contribution in [3.63, 3.8) is 0 Å². The molecule has 1 aliphatic heterocycles. The number of carbonyl (C=O) groups is 1. The van der Waals surface area contributed by atoms with Gasteiger partial charge >= 0.3 is 0 Å². The van der Waals surface area contributed by atoms with Crippen molar-refractivity contribution in [2.24, 2.45) is 0 Å². The van der Waals surface area contributed by atoms with Gasteiger partial charge in [-0.3, -0.25) is 4.79 Å². The Morgan fingerprint density at radius 2 is 1.72 bits per heavy atom. The highest BCUT2D eigenvalue weighted by molar-refractivity contribution is 7.98. The Kier molecular flexibility index (Phi) is 7.32. The Hall–Kier alpha value is -3.65. The minimum atomic E-state index is 0.0605. The van der Waals surface area contributed by atoms with E-state index in [1.54, 1.807) is 16.4 Å². The maximum absolute atomic E-state index is 13.4. The average Bonchev–Trinajstić information content (AvgIpc) is 3.39. The van der Waals surface area contributed by atoms with Gasteiger partial charge in [0.25, 0.3) is 5.91 Å². The van der Waals surface area contributed by atoms with Crippen molar-refractivity contribution < 1.29 is 9.53 Å². The molecule has 0 N–H and O–H groups in total. The fourth-order valence-electron chi connectivity index (χ4n) is 4.30.